The number of nitrogens with zero attached hydrogens (tertiary/aromatic N) is 8. The third-order valence-electron chi connectivity index (χ3n) is 11.6. The van der Waals surface area contributed by atoms with Gasteiger partial charge in [0.2, 0.25) is 11.6 Å². The second-order valence-electron chi connectivity index (χ2n) is 14.8. The molecule has 0 spiro atoms. The average molecular weight is 747 g/mol. The molecule has 0 amide bonds. The second-order valence-corrected chi connectivity index (χ2v) is 14.8. The van der Waals surface area contributed by atoms with E-state index in [0.29, 0.717) is 0 Å². The highest BCUT2D eigenvalue weighted by molar-refractivity contribution is 6.14. The minimum atomic E-state index is 0.206. The van der Waals surface area contributed by atoms with Crippen LogP contribution in [0.5, 0.6) is 5.75 Å². The first-order valence-corrected chi connectivity index (χ1v) is 19.3. The third kappa shape index (κ3) is 4.11. The molecule has 0 aliphatic heterocycles. The number of fused-ring (bicyclic) bond motifs is 13. The predicted molar refractivity (Wildman–Crippen MR) is 232 cm³/mol. The molecule has 6 aromatic heterocycles. The Bertz CT molecular complexity index is 3840. The highest BCUT2D eigenvalue weighted by Crippen LogP contribution is 2.41. The Kier molecular flexibility index (Phi) is 6.13. The molecule has 272 valence electrons. The quantitative estimate of drug-likeness (QED) is 0.194. The fourth-order valence-corrected chi connectivity index (χ4v) is 9.24. The van der Waals surface area contributed by atoms with Crippen molar-refractivity contribution >= 4 is 77.6 Å². The largest absolute Gasteiger partial charge is 0.507 e. The van der Waals surface area contributed by atoms with Crippen molar-refractivity contribution in [1.82, 2.24) is 37.5 Å². The van der Waals surface area contributed by atoms with Gasteiger partial charge in [0, 0.05) is 33.9 Å². The van der Waals surface area contributed by atoms with Gasteiger partial charge in [-0.25, -0.2) is 15.0 Å². The van der Waals surface area contributed by atoms with Gasteiger partial charge in [0.25, 0.3) is 0 Å². The maximum Gasteiger partial charge on any atom is 0.221 e. The molecule has 0 aliphatic rings. The van der Waals surface area contributed by atoms with Crippen LogP contribution in [0.25, 0.3) is 106 Å². The van der Waals surface area contributed by atoms with E-state index < -0.39 is 0 Å². The molecule has 0 bridgehead atoms. The van der Waals surface area contributed by atoms with Crippen LogP contribution in [-0.4, -0.2) is 42.6 Å². The molecular formula is C49H30N8O. The molecule has 7 aromatic carbocycles. The Morgan fingerprint density at radius 1 is 0.431 bits per heavy atom. The molecule has 0 unspecified atom stereocenters. The Labute approximate surface area is 329 Å². The van der Waals surface area contributed by atoms with Crippen molar-refractivity contribution in [2.24, 2.45) is 0 Å². The molecular weight excluding hydrogens is 717 g/mol. The zero-order chi connectivity index (χ0) is 38.1. The van der Waals surface area contributed by atoms with E-state index in [1.54, 1.807) is 6.07 Å². The molecule has 1 N–H and O–H groups in total. The van der Waals surface area contributed by atoms with Gasteiger partial charge in [0.05, 0.1) is 49.8 Å². The van der Waals surface area contributed by atoms with Crippen molar-refractivity contribution in [2.75, 3.05) is 0 Å². The Hall–Kier alpha value is -8.17. The summed E-state index contributed by atoms with van der Waals surface area (Å²) in [7, 11) is 0. The number of benzene rings is 7. The van der Waals surface area contributed by atoms with E-state index in [0.717, 1.165) is 106 Å². The first-order valence-electron chi connectivity index (χ1n) is 19.3. The predicted octanol–water partition coefficient (Wildman–Crippen LogP) is 11.0. The maximum atomic E-state index is 11.6. The zero-order valence-corrected chi connectivity index (χ0v) is 30.8. The van der Waals surface area contributed by atoms with Crippen LogP contribution in [0.3, 0.4) is 0 Å². The van der Waals surface area contributed by atoms with Crippen molar-refractivity contribution in [1.29, 1.82) is 0 Å². The molecule has 0 radical (unpaired) electrons. The summed E-state index contributed by atoms with van der Waals surface area (Å²) in [5.74, 6) is 1.85. The molecule has 6 heterocycles. The summed E-state index contributed by atoms with van der Waals surface area (Å²) in [6.07, 6.45) is 1.82. The number of rotatable bonds is 4. The lowest BCUT2D eigenvalue weighted by Gasteiger charge is -2.14. The van der Waals surface area contributed by atoms with Crippen molar-refractivity contribution in [3.63, 3.8) is 0 Å². The lowest BCUT2D eigenvalue weighted by Crippen LogP contribution is -1.98. The molecule has 0 saturated carbocycles. The summed E-state index contributed by atoms with van der Waals surface area (Å²) < 4.78 is 11.1. The van der Waals surface area contributed by atoms with Crippen LogP contribution >= 0.6 is 0 Å². The lowest BCUT2D eigenvalue weighted by molar-refractivity contribution is 0.477. The molecule has 13 rings (SSSR count). The first kappa shape index (κ1) is 31.1. The van der Waals surface area contributed by atoms with E-state index in [1.165, 1.54) is 0 Å². The number of para-hydroxylation sites is 7. The number of pyridine rings is 1. The number of phenolic OH excluding ortho intramolecular Hbond substituents is 1. The lowest BCUT2D eigenvalue weighted by atomic mass is 10.0. The van der Waals surface area contributed by atoms with E-state index >= 15 is 0 Å². The summed E-state index contributed by atoms with van der Waals surface area (Å²) >= 11 is 0. The fraction of sp³-hybridized carbons (Fsp3) is 0. The number of phenols is 1. The van der Waals surface area contributed by atoms with E-state index in [9.17, 15) is 5.11 Å². The summed E-state index contributed by atoms with van der Waals surface area (Å²) in [5.41, 5.74) is 14.6. The highest BCUT2D eigenvalue weighted by atomic mass is 16.3. The van der Waals surface area contributed by atoms with E-state index in [4.69, 9.17) is 15.0 Å². The van der Waals surface area contributed by atoms with Crippen LogP contribution < -0.4 is 0 Å². The van der Waals surface area contributed by atoms with Crippen molar-refractivity contribution in [3.8, 4) is 33.9 Å². The monoisotopic (exact) mass is 746 g/mol. The fourth-order valence-electron chi connectivity index (χ4n) is 9.24. The van der Waals surface area contributed by atoms with Crippen molar-refractivity contribution in [3.05, 3.63) is 176 Å². The van der Waals surface area contributed by atoms with Crippen LogP contribution in [0, 0.1) is 0 Å². The summed E-state index contributed by atoms with van der Waals surface area (Å²) in [4.78, 5) is 14.9. The zero-order valence-electron chi connectivity index (χ0n) is 30.8. The van der Waals surface area contributed by atoms with E-state index in [1.807, 2.05) is 36.5 Å². The van der Waals surface area contributed by atoms with Gasteiger partial charge in [-0.05, 0) is 103 Å². The minimum Gasteiger partial charge on any atom is -0.507 e. The minimum absolute atomic E-state index is 0.206. The molecule has 9 heteroatoms. The molecule has 0 fully saturated rings. The van der Waals surface area contributed by atoms with Gasteiger partial charge in [-0.2, -0.15) is 0 Å². The van der Waals surface area contributed by atoms with Gasteiger partial charge >= 0.3 is 0 Å². The van der Waals surface area contributed by atoms with E-state index in [2.05, 4.69) is 156 Å². The standard InChI is InChI=1S/C49H30N8O/c58-45-26-25-32(29-34(45)30-12-9-13-31(28-30)54-39-19-5-6-20-40(39)55-38-18-4-2-15-35(38)51-48(54)55)53-37-17-3-1-14-33(37)46-43(53)23-10-24-44(46)56-41-21-7-8-22-42(41)57-47-36(52-49(56)57)16-11-27-50-47/h1-29,58H. The Balaban J connectivity index is 1.02. The Morgan fingerprint density at radius 2 is 1.07 bits per heavy atom. The normalized spacial score (nSPS) is 12.2. The second kappa shape index (κ2) is 11.4. The smallest absolute Gasteiger partial charge is 0.221 e. The number of hydrogen-bond donors (Lipinski definition) is 1. The van der Waals surface area contributed by atoms with E-state index in [-0.39, 0.29) is 5.75 Å². The highest BCUT2D eigenvalue weighted by Gasteiger charge is 2.23. The van der Waals surface area contributed by atoms with Gasteiger partial charge in [0.15, 0.2) is 5.65 Å². The summed E-state index contributed by atoms with van der Waals surface area (Å²) in [5, 5.41) is 13.8. The van der Waals surface area contributed by atoms with Crippen LogP contribution in [0.2, 0.25) is 0 Å². The van der Waals surface area contributed by atoms with Gasteiger partial charge in [-0.3, -0.25) is 17.9 Å². The summed E-state index contributed by atoms with van der Waals surface area (Å²) in [6, 6.07) is 58.2. The van der Waals surface area contributed by atoms with Crippen LogP contribution in [0.1, 0.15) is 0 Å². The van der Waals surface area contributed by atoms with Crippen molar-refractivity contribution in [2.45, 2.75) is 0 Å². The molecule has 9 nitrogen and oxygen atoms in total. The van der Waals surface area contributed by atoms with Gasteiger partial charge in [-0.1, -0.05) is 72.8 Å². The summed E-state index contributed by atoms with van der Waals surface area (Å²) in [6.45, 7) is 0. The molecule has 0 aliphatic carbocycles. The average Bonchev–Trinajstić information content (AvgIpc) is 4.07. The topological polar surface area (TPSA) is 82.5 Å². The SMILES string of the molecule is Oc1ccc(-n2c3ccccc3c3c(-n4c5ccccc5n5c6ncccc6nc45)cccc32)cc1-c1cccc(-n2c3ccccc3n3c4ccccc4nc23)c1. The van der Waals surface area contributed by atoms with Gasteiger partial charge in [-0.15, -0.1) is 0 Å². The number of hydrogen-bond acceptors (Lipinski definition) is 4. The van der Waals surface area contributed by atoms with Crippen LogP contribution in [-0.2, 0) is 0 Å². The Morgan fingerprint density at radius 3 is 1.93 bits per heavy atom. The maximum absolute atomic E-state index is 11.6. The molecule has 0 atom stereocenters. The third-order valence-corrected chi connectivity index (χ3v) is 11.6. The first-order chi connectivity index (χ1) is 28.7. The van der Waals surface area contributed by atoms with Gasteiger partial charge in [0.1, 0.15) is 11.3 Å². The number of imidazole rings is 4. The van der Waals surface area contributed by atoms with Crippen LogP contribution in [0.4, 0.5) is 0 Å². The number of aromatic hydroxyl groups is 1. The number of aromatic nitrogens is 8. The van der Waals surface area contributed by atoms with Crippen LogP contribution in [0.15, 0.2) is 176 Å². The molecule has 0 saturated heterocycles. The van der Waals surface area contributed by atoms with Gasteiger partial charge < -0.3 is 9.67 Å². The molecule has 58 heavy (non-hydrogen) atoms. The molecule has 13 aromatic rings. The van der Waals surface area contributed by atoms with Crippen molar-refractivity contribution < 1.29 is 5.11 Å².